The zero-order chi connectivity index (χ0) is 16.7. The smallest absolute Gasteiger partial charge is 0.173 e. The van der Waals surface area contributed by atoms with E-state index in [0.29, 0.717) is 0 Å². The molecule has 3 nitrogen and oxygen atoms in total. The summed E-state index contributed by atoms with van der Waals surface area (Å²) < 4.78 is 0. The van der Waals surface area contributed by atoms with Crippen LogP contribution in [0.5, 0.6) is 0 Å². The topological polar surface area (TPSA) is 19.7 Å². The van der Waals surface area contributed by atoms with Gasteiger partial charge in [-0.05, 0) is 47.8 Å². The van der Waals surface area contributed by atoms with Crippen molar-refractivity contribution in [1.82, 2.24) is 4.90 Å². The highest BCUT2D eigenvalue weighted by molar-refractivity contribution is 7.80. The van der Waals surface area contributed by atoms with Gasteiger partial charge in [-0.15, -0.1) is 11.3 Å². The third kappa shape index (κ3) is 5.94. The Balaban J connectivity index is 2.01. The number of thiophene rings is 1. The summed E-state index contributed by atoms with van der Waals surface area (Å²) in [6.07, 6.45) is 1.06. The number of aryl methyl sites for hydroxylation is 1. The monoisotopic (exact) mass is 348 g/mol. The molecule has 5 heteroatoms. The van der Waals surface area contributed by atoms with Gasteiger partial charge in [0.2, 0.25) is 0 Å². The number of benzene rings is 1. The summed E-state index contributed by atoms with van der Waals surface area (Å²) in [6, 6.07) is 12.8. The highest BCUT2D eigenvalue weighted by Gasteiger charge is 2.12. The quantitative estimate of drug-likeness (QED) is 0.751. The highest BCUT2D eigenvalue weighted by Crippen LogP contribution is 2.14. The van der Waals surface area contributed by atoms with Gasteiger partial charge in [-0.2, -0.15) is 0 Å². The first-order valence-corrected chi connectivity index (χ1v) is 9.33. The molecule has 0 aliphatic carbocycles. The van der Waals surface area contributed by atoms with Crippen molar-refractivity contribution in [1.29, 1.82) is 0 Å². The maximum Gasteiger partial charge on any atom is 0.173 e. The average Bonchev–Trinajstić information content (AvgIpc) is 3.05. The summed E-state index contributed by atoms with van der Waals surface area (Å²) in [5, 5.41) is 6.29. The number of rotatable bonds is 7. The van der Waals surface area contributed by atoms with Gasteiger partial charge in [0.15, 0.2) is 5.11 Å². The molecule has 124 valence electrons. The zero-order valence-electron chi connectivity index (χ0n) is 14.1. The Morgan fingerprint density at radius 2 is 1.96 bits per heavy atom. The van der Waals surface area contributed by atoms with Crippen molar-refractivity contribution in [3.05, 3.63) is 52.2 Å². The molecule has 2 aromatic rings. The second-order valence-corrected chi connectivity index (χ2v) is 7.36. The van der Waals surface area contributed by atoms with Gasteiger partial charge in [0, 0.05) is 10.6 Å². The summed E-state index contributed by atoms with van der Waals surface area (Å²) >= 11 is 7.43. The van der Waals surface area contributed by atoms with E-state index in [4.69, 9.17) is 12.2 Å². The number of anilines is 1. The molecule has 1 aromatic heterocycles. The normalized spacial score (nSPS) is 10.8. The predicted molar refractivity (Wildman–Crippen MR) is 104 cm³/mol. The molecular formula is C18H26N3S2+. The fourth-order valence-electron chi connectivity index (χ4n) is 2.23. The van der Waals surface area contributed by atoms with E-state index in [9.17, 15) is 0 Å². The first-order chi connectivity index (χ1) is 11.1. The first-order valence-electron chi connectivity index (χ1n) is 8.04. The van der Waals surface area contributed by atoms with Crippen LogP contribution in [0.3, 0.4) is 0 Å². The minimum atomic E-state index is 0.795. The van der Waals surface area contributed by atoms with Gasteiger partial charge in [-0.1, -0.05) is 25.1 Å². The van der Waals surface area contributed by atoms with Crippen LogP contribution >= 0.6 is 23.6 Å². The summed E-state index contributed by atoms with van der Waals surface area (Å²) in [7, 11) is 4.34. The second kappa shape index (κ2) is 9.01. The van der Waals surface area contributed by atoms with Crippen LogP contribution in [0.25, 0.3) is 0 Å². The largest absolute Gasteiger partial charge is 0.338 e. The van der Waals surface area contributed by atoms with Gasteiger partial charge in [-0.3, -0.25) is 0 Å². The molecular weight excluding hydrogens is 322 g/mol. The molecule has 0 spiro atoms. The molecule has 0 aliphatic rings. The van der Waals surface area contributed by atoms with Crippen LogP contribution in [-0.4, -0.2) is 37.2 Å². The van der Waals surface area contributed by atoms with E-state index < -0.39 is 0 Å². The van der Waals surface area contributed by atoms with Gasteiger partial charge < -0.3 is 15.1 Å². The van der Waals surface area contributed by atoms with Crippen LogP contribution in [0.2, 0.25) is 0 Å². The van der Waals surface area contributed by atoms with Crippen LogP contribution in [0.1, 0.15) is 17.4 Å². The van der Waals surface area contributed by atoms with Crippen LogP contribution < -0.4 is 10.2 Å². The molecule has 1 aromatic carbocycles. The standard InChI is InChI=1S/C18H25N3S2/c1-4-15-7-9-16(10-8-15)19-18(22)21(12-11-20(2)3)14-17-6-5-13-23-17/h5-10,13H,4,11-12,14H2,1-3H3,(H,19,22)/p+1. The fourth-order valence-corrected chi connectivity index (χ4v) is 3.22. The maximum absolute atomic E-state index is 5.65. The molecule has 2 N–H and O–H groups in total. The Labute approximate surface area is 148 Å². The lowest BCUT2D eigenvalue weighted by Crippen LogP contribution is -3.06. The molecule has 0 fully saturated rings. The fraction of sp³-hybridized carbons (Fsp3) is 0.389. The minimum absolute atomic E-state index is 0.795. The SMILES string of the molecule is CCc1ccc(NC(=S)N(CC[NH+](C)C)Cc2cccs2)cc1. The van der Waals surface area contributed by atoms with E-state index in [1.54, 1.807) is 11.3 Å². The molecule has 0 radical (unpaired) electrons. The Morgan fingerprint density at radius 1 is 1.22 bits per heavy atom. The molecule has 2 rings (SSSR count). The van der Waals surface area contributed by atoms with Crippen LogP contribution in [0.4, 0.5) is 5.69 Å². The van der Waals surface area contributed by atoms with Gasteiger partial charge in [0.25, 0.3) is 0 Å². The lowest BCUT2D eigenvalue weighted by Gasteiger charge is -2.26. The molecule has 0 amide bonds. The summed E-state index contributed by atoms with van der Waals surface area (Å²) in [5.41, 5.74) is 2.40. The lowest BCUT2D eigenvalue weighted by molar-refractivity contribution is -0.857. The molecule has 1 heterocycles. The average molecular weight is 349 g/mol. The number of nitrogens with zero attached hydrogens (tertiary/aromatic N) is 1. The van der Waals surface area contributed by atoms with Crippen LogP contribution in [-0.2, 0) is 13.0 Å². The van der Waals surface area contributed by atoms with Gasteiger partial charge in [0.1, 0.15) is 0 Å². The van der Waals surface area contributed by atoms with E-state index >= 15 is 0 Å². The van der Waals surface area contributed by atoms with Gasteiger partial charge >= 0.3 is 0 Å². The molecule has 23 heavy (non-hydrogen) atoms. The number of nitrogens with one attached hydrogen (secondary N) is 2. The third-order valence-electron chi connectivity index (χ3n) is 3.71. The summed E-state index contributed by atoms with van der Waals surface area (Å²) in [5.74, 6) is 0. The zero-order valence-corrected chi connectivity index (χ0v) is 15.8. The number of quaternary nitrogens is 1. The molecule has 0 unspecified atom stereocenters. The predicted octanol–water partition coefficient (Wildman–Crippen LogP) is 2.65. The van der Waals surface area contributed by atoms with E-state index in [1.165, 1.54) is 15.3 Å². The number of hydrogen-bond donors (Lipinski definition) is 2. The van der Waals surface area contributed by atoms with Crippen LogP contribution in [0, 0.1) is 0 Å². The Kier molecular flexibility index (Phi) is 7.02. The van der Waals surface area contributed by atoms with E-state index in [2.05, 4.69) is 73.0 Å². The third-order valence-corrected chi connectivity index (χ3v) is 4.93. The second-order valence-electron chi connectivity index (χ2n) is 5.94. The van der Waals surface area contributed by atoms with E-state index in [1.807, 2.05) is 0 Å². The summed E-state index contributed by atoms with van der Waals surface area (Å²) in [6.45, 7) is 5.03. The minimum Gasteiger partial charge on any atom is -0.338 e. The first kappa shape index (κ1) is 17.9. The molecule has 0 saturated carbocycles. The highest BCUT2D eigenvalue weighted by atomic mass is 32.1. The molecule has 0 saturated heterocycles. The number of likely N-dealkylation sites (N-methyl/N-ethyl adjacent to an activating group) is 1. The van der Waals surface area contributed by atoms with Crippen molar-refractivity contribution in [2.45, 2.75) is 19.9 Å². The summed E-state index contributed by atoms with van der Waals surface area (Å²) in [4.78, 5) is 5.02. The van der Waals surface area contributed by atoms with Gasteiger partial charge in [0.05, 0.1) is 33.7 Å². The number of hydrogen-bond acceptors (Lipinski definition) is 2. The van der Waals surface area contributed by atoms with Crippen molar-refractivity contribution >= 4 is 34.4 Å². The van der Waals surface area contributed by atoms with Crippen molar-refractivity contribution < 1.29 is 4.90 Å². The Morgan fingerprint density at radius 3 is 2.52 bits per heavy atom. The van der Waals surface area contributed by atoms with Crippen molar-refractivity contribution in [3.8, 4) is 0 Å². The molecule has 0 atom stereocenters. The van der Waals surface area contributed by atoms with Crippen LogP contribution in [0.15, 0.2) is 41.8 Å². The van der Waals surface area contributed by atoms with Crippen molar-refractivity contribution in [2.24, 2.45) is 0 Å². The number of thiocarbonyl (C=S) groups is 1. The van der Waals surface area contributed by atoms with Crippen molar-refractivity contribution in [3.63, 3.8) is 0 Å². The van der Waals surface area contributed by atoms with Crippen molar-refractivity contribution in [2.75, 3.05) is 32.5 Å². The Bertz CT molecular complexity index is 591. The molecule has 0 bridgehead atoms. The Hall–Kier alpha value is -1.43. The van der Waals surface area contributed by atoms with E-state index in [0.717, 1.165) is 36.9 Å². The lowest BCUT2D eigenvalue weighted by atomic mass is 10.1. The van der Waals surface area contributed by atoms with Gasteiger partial charge in [-0.25, -0.2) is 0 Å². The maximum atomic E-state index is 5.65. The molecule has 0 aliphatic heterocycles. The van der Waals surface area contributed by atoms with E-state index in [-0.39, 0.29) is 0 Å².